The number of hydrogen-bond donors (Lipinski definition) is 3. The molecule has 0 heterocycles. The molecule has 120 valence electrons. The molecule has 2 rings (SSSR count). The fraction of sp³-hybridized carbons (Fsp3) is 0.176. The third-order valence-corrected chi connectivity index (χ3v) is 4.35. The summed E-state index contributed by atoms with van der Waals surface area (Å²) in [6.07, 6.45) is 5.12. The van der Waals surface area contributed by atoms with Crippen LogP contribution in [0.15, 0.2) is 54.6 Å². The molecule has 1 atom stereocenters. The summed E-state index contributed by atoms with van der Waals surface area (Å²) in [5.41, 5.74) is 1.43. The van der Waals surface area contributed by atoms with Gasteiger partial charge < -0.3 is 14.5 Å². The van der Waals surface area contributed by atoms with E-state index in [1.165, 1.54) is 0 Å². The molecule has 2 aromatic carbocycles. The van der Waals surface area contributed by atoms with E-state index in [1.54, 1.807) is 24.3 Å². The molecule has 23 heavy (non-hydrogen) atoms. The molecular formula is C17H18NO4P. The van der Waals surface area contributed by atoms with Gasteiger partial charge in [-0.1, -0.05) is 48.4 Å². The third-order valence-electron chi connectivity index (χ3n) is 3.20. The molecule has 1 unspecified atom stereocenters. The molecule has 0 saturated heterocycles. The molecule has 2 aromatic rings. The molecule has 0 aliphatic heterocycles. The van der Waals surface area contributed by atoms with Crippen LogP contribution < -0.4 is 10.1 Å². The Balaban J connectivity index is 2.12. The highest BCUT2D eigenvalue weighted by molar-refractivity contribution is 7.52. The minimum absolute atomic E-state index is 0.146. The molecular weight excluding hydrogens is 313 g/mol. The highest BCUT2D eigenvalue weighted by atomic mass is 31.2. The van der Waals surface area contributed by atoms with Crippen LogP contribution in [0.3, 0.4) is 0 Å². The van der Waals surface area contributed by atoms with Crippen LogP contribution in [-0.4, -0.2) is 16.4 Å². The molecule has 0 bridgehead atoms. The molecule has 0 spiro atoms. The second-order valence-corrected chi connectivity index (χ2v) is 6.61. The third kappa shape index (κ3) is 5.24. The minimum Gasteiger partial charge on any atom is -0.481 e. The summed E-state index contributed by atoms with van der Waals surface area (Å²) in [5, 5.41) is 2.92. The number of nitrogens with one attached hydrogen (secondary N) is 1. The van der Waals surface area contributed by atoms with Crippen LogP contribution in [0.5, 0.6) is 5.75 Å². The van der Waals surface area contributed by atoms with Gasteiger partial charge in [-0.15, -0.1) is 6.42 Å². The van der Waals surface area contributed by atoms with E-state index >= 15 is 0 Å². The highest BCUT2D eigenvalue weighted by Gasteiger charge is 2.29. The smallest absolute Gasteiger partial charge is 0.346 e. The molecule has 0 aliphatic carbocycles. The van der Waals surface area contributed by atoms with E-state index in [0.717, 1.165) is 5.56 Å². The molecule has 0 aliphatic rings. The van der Waals surface area contributed by atoms with Gasteiger partial charge >= 0.3 is 7.60 Å². The topological polar surface area (TPSA) is 78.8 Å². The van der Waals surface area contributed by atoms with Gasteiger partial charge in [0.1, 0.15) is 18.1 Å². The van der Waals surface area contributed by atoms with Gasteiger partial charge in [0.05, 0.1) is 0 Å². The summed E-state index contributed by atoms with van der Waals surface area (Å²) in [6, 6.07) is 15.9. The summed E-state index contributed by atoms with van der Waals surface area (Å²) < 4.78 is 17.0. The summed E-state index contributed by atoms with van der Waals surface area (Å²) in [4.78, 5) is 19.2. The Morgan fingerprint density at radius 2 is 1.78 bits per heavy atom. The molecule has 5 nitrogen and oxygen atoms in total. The lowest BCUT2D eigenvalue weighted by Crippen LogP contribution is -2.21. The van der Waals surface area contributed by atoms with Gasteiger partial charge in [0.15, 0.2) is 0 Å². The maximum Gasteiger partial charge on any atom is 0.346 e. The van der Waals surface area contributed by atoms with Crippen LogP contribution in [-0.2, 0) is 11.1 Å². The summed E-state index contributed by atoms with van der Waals surface area (Å²) >= 11 is 0. The van der Waals surface area contributed by atoms with Crippen LogP contribution >= 0.6 is 7.60 Å². The second-order valence-electron chi connectivity index (χ2n) is 4.92. The predicted octanol–water partition coefficient (Wildman–Crippen LogP) is 2.66. The molecule has 0 radical (unpaired) electrons. The van der Waals surface area contributed by atoms with E-state index in [9.17, 15) is 14.4 Å². The van der Waals surface area contributed by atoms with Crippen molar-refractivity contribution < 1.29 is 19.1 Å². The first kappa shape index (κ1) is 17.3. The first-order valence-corrected chi connectivity index (χ1v) is 8.67. The molecule has 0 aromatic heterocycles. The lowest BCUT2D eigenvalue weighted by Gasteiger charge is -2.20. The van der Waals surface area contributed by atoms with E-state index in [4.69, 9.17) is 11.2 Å². The van der Waals surface area contributed by atoms with Crippen LogP contribution in [0.2, 0.25) is 0 Å². The van der Waals surface area contributed by atoms with E-state index in [1.807, 2.05) is 30.3 Å². The normalized spacial score (nSPS) is 12.4. The number of terminal acetylenes is 1. The van der Waals surface area contributed by atoms with E-state index in [2.05, 4.69) is 11.2 Å². The maximum atomic E-state index is 11.8. The first-order chi connectivity index (χ1) is 11.0. The summed E-state index contributed by atoms with van der Waals surface area (Å²) in [5.74, 6) is 1.83. The van der Waals surface area contributed by atoms with Crippen molar-refractivity contribution in [3.63, 3.8) is 0 Å². The Bertz CT molecular complexity index is 704. The van der Waals surface area contributed by atoms with Crippen molar-refractivity contribution >= 4 is 7.60 Å². The number of hydrogen-bond acceptors (Lipinski definition) is 3. The van der Waals surface area contributed by atoms with Crippen LogP contribution in [0, 0.1) is 12.3 Å². The Morgan fingerprint density at radius 3 is 2.35 bits per heavy atom. The predicted molar refractivity (Wildman–Crippen MR) is 88.8 cm³/mol. The SMILES string of the molecule is C#CCOc1ccc(C(NCc2ccccc2)P(=O)(O)O)cc1. The standard InChI is InChI=1S/C17H18NO4P/c1-2-12-22-16-10-8-15(9-11-16)17(23(19,20)21)18-13-14-6-4-3-5-7-14/h1,3-11,17-18H,12-13H2,(H2,19,20,21). The van der Waals surface area contributed by atoms with Gasteiger partial charge in [-0.05, 0) is 23.3 Å². The van der Waals surface area contributed by atoms with Crippen LogP contribution in [0.4, 0.5) is 0 Å². The van der Waals surface area contributed by atoms with E-state index < -0.39 is 13.4 Å². The molecule has 6 heteroatoms. The zero-order valence-electron chi connectivity index (χ0n) is 12.4. The summed E-state index contributed by atoms with van der Waals surface area (Å²) in [6.45, 7) is 0.499. The fourth-order valence-electron chi connectivity index (χ4n) is 2.11. The maximum absolute atomic E-state index is 11.8. The van der Waals surface area contributed by atoms with Crippen molar-refractivity contribution in [3.05, 3.63) is 65.7 Å². The molecule has 3 N–H and O–H groups in total. The van der Waals surface area contributed by atoms with Crippen molar-refractivity contribution in [3.8, 4) is 18.1 Å². The second kappa shape index (κ2) is 7.96. The van der Waals surface area contributed by atoms with Gasteiger partial charge in [0.2, 0.25) is 0 Å². The van der Waals surface area contributed by atoms with Gasteiger partial charge in [0.25, 0.3) is 0 Å². The quantitative estimate of drug-likeness (QED) is 0.537. The van der Waals surface area contributed by atoms with Crippen molar-refractivity contribution in [2.45, 2.75) is 12.3 Å². The van der Waals surface area contributed by atoms with Crippen molar-refractivity contribution in [1.29, 1.82) is 0 Å². The van der Waals surface area contributed by atoms with Crippen molar-refractivity contribution in [2.24, 2.45) is 0 Å². The number of benzene rings is 2. The van der Waals surface area contributed by atoms with Gasteiger partial charge in [-0.3, -0.25) is 9.88 Å². The Labute approximate surface area is 135 Å². The highest BCUT2D eigenvalue weighted by Crippen LogP contribution is 2.50. The first-order valence-electron chi connectivity index (χ1n) is 6.99. The zero-order chi connectivity index (χ0) is 16.7. The molecule has 0 fully saturated rings. The lowest BCUT2D eigenvalue weighted by molar-refractivity contribution is 0.347. The molecule has 0 saturated carbocycles. The average molecular weight is 331 g/mol. The summed E-state index contributed by atoms with van der Waals surface area (Å²) in [7, 11) is -4.36. The van der Waals surface area contributed by atoms with E-state index in [0.29, 0.717) is 17.9 Å². The fourth-order valence-corrected chi connectivity index (χ4v) is 3.00. The molecule has 0 amide bonds. The van der Waals surface area contributed by atoms with Gasteiger partial charge in [0, 0.05) is 6.54 Å². The lowest BCUT2D eigenvalue weighted by atomic mass is 10.2. The Kier molecular flexibility index (Phi) is 5.97. The number of ether oxygens (including phenoxy) is 1. The van der Waals surface area contributed by atoms with Crippen molar-refractivity contribution in [1.82, 2.24) is 5.32 Å². The van der Waals surface area contributed by atoms with Crippen LogP contribution in [0.1, 0.15) is 16.9 Å². The number of rotatable bonds is 7. The minimum atomic E-state index is -4.36. The Morgan fingerprint density at radius 1 is 1.13 bits per heavy atom. The van der Waals surface area contributed by atoms with Crippen LogP contribution in [0.25, 0.3) is 0 Å². The van der Waals surface area contributed by atoms with Crippen molar-refractivity contribution in [2.75, 3.05) is 6.61 Å². The average Bonchev–Trinajstić information content (AvgIpc) is 2.54. The van der Waals surface area contributed by atoms with Gasteiger partial charge in [-0.2, -0.15) is 0 Å². The Hall–Kier alpha value is -2.09. The monoisotopic (exact) mass is 331 g/mol. The van der Waals surface area contributed by atoms with Gasteiger partial charge in [-0.25, -0.2) is 0 Å². The zero-order valence-corrected chi connectivity index (χ0v) is 13.3. The van der Waals surface area contributed by atoms with E-state index in [-0.39, 0.29) is 6.61 Å². The largest absolute Gasteiger partial charge is 0.481 e.